The maximum atomic E-state index is 14.0. The summed E-state index contributed by atoms with van der Waals surface area (Å²) < 4.78 is 53.5. The van der Waals surface area contributed by atoms with E-state index >= 15 is 0 Å². The third-order valence-electron chi connectivity index (χ3n) is 6.71. The van der Waals surface area contributed by atoms with Crippen LogP contribution in [0.5, 0.6) is 11.5 Å². The quantitative estimate of drug-likeness (QED) is 0.736. The monoisotopic (exact) mass is 450 g/mol. The molecule has 7 nitrogen and oxygen atoms in total. The first-order valence-electron chi connectivity index (χ1n) is 10.9. The average Bonchev–Trinajstić information content (AvgIpc) is 3.43. The highest BCUT2D eigenvalue weighted by atomic mass is 19.4. The van der Waals surface area contributed by atoms with Crippen LogP contribution >= 0.6 is 0 Å². The van der Waals surface area contributed by atoms with Crippen molar-refractivity contribution in [3.63, 3.8) is 0 Å². The molecule has 0 saturated heterocycles. The summed E-state index contributed by atoms with van der Waals surface area (Å²) in [5.41, 5.74) is 0.799. The summed E-state index contributed by atoms with van der Waals surface area (Å²) in [5.74, 6) is 0.860. The van der Waals surface area contributed by atoms with Gasteiger partial charge in [0.2, 0.25) is 6.79 Å². The van der Waals surface area contributed by atoms with E-state index < -0.39 is 18.3 Å². The summed E-state index contributed by atoms with van der Waals surface area (Å²) in [4.78, 5) is 14.9. The summed E-state index contributed by atoms with van der Waals surface area (Å²) in [6.07, 6.45) is 1.56. The van der Waals surface area contributed by atoms with Crippen LogP contribution in [0.4, 0.5) is 19.0 Å². The Labute approximate surface area is 183 Å². The van der Waals surface area contributed by atoms with Crippen molar-refractivity contribution in [3.05, 3.63) is 35.5 Å². The third-order valence-corrected chi connectivity index (χ3v) is 6.71. The fraction of sp³-hybridized carbons (Fsp3) is 0.545. The van der Waals surface area contributed by atoms with E-state index in [0.717, 1.165) is 36.8 Å². The van der Waals surface area contributed by atoms with E-state index in [1.54, 1.807) is 30.1 Å². The van der Waals surface area contributed by atoms with Crippen molar-refractivity contribution in [1.82, 2.24) is 14.7 Å². The molecule has 1 fully saturated rings. The van der Waals surface area contributed by atoms with Crippen LogP contribution in [0.25, 0.3) is 0 Å². The molecule has 1 saturated carbocycles. The van der Waals surface area contributed by atoms with Crippen LogP contribution in [0, 0.1) is 0 Å². The highest BCUT2D eigenvalue weighted by Crippen LogP contribution is 2.46. The van der Waals surface area contributed by atoms with Gasteiger partial charge in [-0.05, 0) is 30.5 Å². The molecule has 172 valence electrons. The third kappa shape index (κ3) is 3.65. The van der Waals surface area contributed by atoms with Gasteiger partial charge < -0.3 is 19.7 Å². The molecule has 1 aliphatic carbocycles. The molecule has 32 heavy (non-hydrogen) atoms. The molecule has 1 aromatic carbocycles. The van der Waals surface area contributed by atoms with E-state index in [9.17, 15) is 18.0 Å². The van der Waals surface area contributed by atoms with Gasteiger partial charge in [0.25, 0.3) is 5.91 Å². The minimum Gasteiger partial charge on any atom is -0.454 e. The number of ether oxygens (including phenoxy) is 2. The normalized spacial score (nSPS) is 22.9. The van der Waals surface area contributed by atoms with Crippen LogP contribution in [-0.4, -0.2) is 46.6 Å². The standard InChI is InChI=1S/C22H25F3N4O3/c1-28(14-5-3-2-4-6-14)21(30)15-11-26-29-19(22(23,24)25)10-16(27-20(15)29)13-7-8-17-18(9-13)32-12-31-17/h7-9,11,14,16,19,27H,2-6,10,12H2,1H3/t16-,19+/m1/s1. The first-order valence-corrected chi connectivity index (χ1v) is 10.9. The number of benzene rings is 1. The van der Waals surface area contributed by atoms with Gasteiger partial charge in [0, 0.05) is 19.5 Å². The topological polar surface area (TPSA) is 68.6 Å². The van der Waals surface area contributed by atoms with Crippen molar-refractivity contribution in [2.45, 2.75) is 62.8 Å². The number of carbonyl (C=O) groups excluding carboxylic acids is 1. The molecule has 3 heterocycles. The number of carbonyl (C=O) groups is 1. The fourth-order valence-electron chi connectivity index (χ4n) is 4.89. The number of anilines is 1. The number of hydrogen-bond donors (Lipinski definition) is 1. The Kier molecular flexibility index (Phi) is 5.17. The largest absolute Gasteiger partial charge is 0.454 e. The Morgan fingerprint density at radius 2 is 1.94 bits per heavy atom. The number of halogens is 3. The van der Waals surface area contributed by atoms with Crippen molar-refractivity contribution in [3.8, 4) is 11.5 Å². The molecular formula is C22H25F3N4O3. The highest BCUT2D eigenvalue weighted by Gasteiger charge is 2.47. The molecule has 0 spiro atoms. The number of rotatable bonds is 3. The molecule has 2 aliphatic heterocycles. The lowest BCUT2D eigenvalue weighted by molar-refractivity contribution is -0.173. The zero-order valence-electron chi connectivity index (χ0n) is 17.7. The molecule has 0 bridgehead atoms. The maximum Gasteiger partial charge on any atom is 0.410 e. The molecule has 1 amide bonds. The van der Waals surface area contributed by atoms with Gasteiger partial charge in [0.05, 0.1) is 12.2 Å². The minimum atomic E-state index is -4.51. The summed E-state index contributed by atoms with van der Waals surface area (Å²) in [6, 6.07) is 2.70. The number of hydrogen-bond acceptors (Lipinski definition) is 5. The lowest BCUT2D eigenvalue weighted by Crippen LogP contribution is -2.39. The van der Waals surface area contributed by atoms with Gasteiger partial charge in [0.1, 0.15) is 11.4 Å². The predicted octanol–water partition coefficient (Wildman–Crippen LogP) is 4.68. The number of fused-ring (bicyclic) bond motifs is 2. The van der Waals surface area contributed by atoms with Crippen LogP contribution in [0.3, 0.4) is 0 Å². The first kappa shape index (κ1) is 21.0. The molecule has 5 rings (SSSR count). The number of nitrogens with one attached hydrogen (secondary N) is 1. The van der Waals surface area contributed by atoms with Crippen LogP contribution in [0.1, 0.15) is 66.5 Å². The number of alkyl halides is 3. The van der Waals surface area contributed by atoms with Crippen molar-refractivity contribution >= 4 is 11.7 Å². The summed E-state index contributed by atoms with van der Waals surface area (Å²) in [6.45, 7) is 0.0843. The second-order valence-electron chi connectivity index (χ2n) is 8.66. The lowest BCUT2D eigenvalue weighted by Gasteiger charge is -2.35. The van der Waals surface area contributed by atoms with Gasteiger partial charge in [-0.2, -0.15) is 18.3 Å². The van der Waals surface area contributed by atoms with Crippen LogP contribution in [0.2, 0.25) is 0 Å². The molecule has 1 aromatic heterocycles. The van der Waals surface area contributed by atoms with Crippen LogP contribution < -0.4 is 14.8 Å². The van der Waals surface area contributed by atoms with E-state index in [1.807, 2.05) is 0 Å². The lowest BCUT2D eigenvalue weighted by atomic mass is 9.94. The van der Waals surface area contributed by atoms with E-state index in [4.69, 9.17) is 9.47 Å². The van der Waals surface area contributed by atoms with Crippen molar-refractivity contribution < 1.29 is 27.4 Å². The fourth-order valence-corrected chi connectivity index (χ4v) is 4.89. The Morgan fingerprint density at radius 3 is 2.69 bits per heavy atom. The Bertz CT molecular complexity index is 1020. The minimum absolute atomic E-state index is 0.0843. The van der Waals surface area contributed by atoms with Gasteiger partial charge in [-0.1, -0.05) is 25.3 Å². The SMILES string of the molecule is CN(C(=O)c1cnn2c1N[C@@H](c1ccc3c(c1)OCO3)C[C@H]2C(F)(F)F)C1CCCCC1. The number of amides is 1. The second-order valence-corrected chi connectivity index (χ2v) is 8.66. The van der Waals surface area contributed by atoms with Crippen molar-refractivity contribution in [1.29, 1.82) is 0 Å². The zero-order chi connectivity index (χ0) is 22.5. The van der Waals surface area contributed by atoms with Crippen molar-refractivity contribution in [2.75, 3.05) is 19.2 Å². The maximum absolute atomic E-state index is 14.0. The summed E-state index contributed by atoms with van der Waals surface area (Å²) in [7, 11) is 1.72. The molecule has 1 N–H and O–H groups in total. The van der Waals surface area contributed by atoms with E-state index in [2.05, 4.69) is 10.4 Å². The number of aromatic nitrogens is 2. The van der Waals surface area contributed by atoms with E-state index in [-0.39, 0.29) is 36.5 Å². The first-order chi connectivity index (χ1) is 15.3. The molecule has 3 aliphatic rings. The zero-order valence-corrected chi connectivity index (χ0v) is 17.7. The van der Waals surface area contributed by atoms with E-state index in [0.29, 0.717) is 17.1 Å². The summed E-state index contributed by atoms with van der Waals surface area (Å²) >= 11 is 0. The second kappa shape index (κ2) is 7.90. The van der Waals surface area contributed by atoms with Crippen molar-refractivity contribution in [2.24, 2.45) is 0 Å². The van der Waals surface area contributed by atoms with Gasteiger partial charge in [-0.25, -0.2) is 4.68 Å². The number of nitrogens with zero attached hydrogens (tertiary/aromatic N) is 3. The molecular weight excluding hydrogens is 425 g/mol. The molecule has 2 atom stereocenters. The molecule has 0 unspecified atom stereocenters. The summed E-state index contributed by atoms with van der Waals surface area (Å²) in [5, 5.41) is 7.13. The van der Waals surface area contributed by atoms with E-state index in [1.165, 1.54) is 6.20 Å². The molecule has 10 heteroatoms. The van der Waals surface area contributed by atoms with Crippen LogP contribution in [-0.2, 0) is 0 Å². The van der Waals surface area contributed by atoms with Crippen LogP contribution in [0.15, 0.2) is 24.4 Å². The van der Waals surface area contributed by atoms with Gasteiger partial charge in [-0.3, -0.25) is 4.79 Å². The molecule has 0 radical (unpaired) electrons. The molecule has 2 aromatic rings. The smallest absolute Gasteiger partial charge is 0.410 e. The average molecular weight is 450 g/mol. The Hall–Kier alpha value is -2.91. The Balaban J connectivity index is 1.48. The highest BCUT2D eigenvalue weighted by molar-refractivity contribution is 5.99. The van der Waals surface area contributed by atoms with Gasteiger partial charge >= 0.3 is 6.18 Å². The Morgan fingerprint density at radius 1 is 1.19 bits per heavy atom. The van der Waals surface area contributed by atoms with Gasteiger partial charge in [0.15, 0.2) is 17.5 Å². The predicted molar refractivity (Wildman–Crippen MR) is 110 cm³/mol. The van der Waals surface area contributed by atoms with Gasteiger partial charge in [-0.15, -0.1) is 0 Å².